The van der Waals surface area contributed by atoms with Crippen LogP contribution < -0.4 is 0 Å². The van der Waals surface area contributed by atoms with Gasteiger partial charge in [-0.2, -0.15) is 0 Å². The summed E-state index contributed by atoms with van der Waals surface area (Å²) in [6, 6.07) is 0. The zero-order valence-electron chi connectivity index (χ0n) is 34.2. The Balaban J connectivity index is 4.56. The minimum absolute atomic E-state index is 0.0163. The average molecular weight is 723 g/mol. The molecule has 2 unspecified atom stereocenters. The highest BCUT2D eigenvalue weighted by molar-refractivity contribution is 6.01. The Morgan fingerprint density at radius 3 is 0.784 bits per heavy atom. The zero-order chi connectivity index (χ0) is 37.8. The number of unbranched alkanes of at least 4 members (excludes halogenated alkanes) is 30. The number of rotatable bonds is 41. The molecule has 6 nitrogen and oxygen atoms in total. The fourth-order valence-electron chi connectivity index (χ4n) is 7.30. The van der Waals surface area contributed by atoms with Gasteiger partial charge in [0.2, 0.25) is 0 Å². The summed E-state index contributed by atoms with van der Waals surface area (Å²) < 4.78 is 0. The molecule has 0 rings (SSSR count). The van der Waals surface area contributed by atoms with Gasteiger partial charge in [0, 0.05) is 19.3 Å². The third-order valence-corrected chi connectivity index (χ3v) is 11.0. The van der Waals surface area contributed by atoms with Gasteiger partial charge >= 0.3 is 0 Å². The number of hydrogen-bond acceptors (Lipinski definition) is 6. The summed E-state index contributed by atoms with van der Waals surface area (Å²) in [6.07, 6.45) is 33.3. The van der Waals surface area contributed by atoms with Crippen molar-refractivity contribution < 1.29 is 29.7 Å². The minimum atomic E-state index is -2.79. The molecule has 0 aromatic heterocycles. The molecule has 6 heteroatoms. The van der Waals surface area contributed by atoms with Crippen LogP contribution in [0.1, 0.15) is 252 Å². The second kappa shape index (κ2) is 35.9. The van der Waals surface area contributed by atoms with Crippen LogP contribution in [-0.2, 0) is 14.4 Å². The van der Waals surface area contributed by atoms with E-state index < -0.39 is 35.2 Å². The van der Waals surface area contributed by atoms with Crippen molar-refractivity contribution in [3.63, 3.8) is 0 Å². The molecule has 0 aliphatic heterocycles. The third-order valence-electron chi connectivity index (χ3n) is 11.0. The van der Waals surface area contributed by atoms with Gasteiger partial charge in [0.25, 0.3) is 0 Å². The van der Waals surface area contributed by atoms with Gasteiger partial charge in [0.1, 0.15) is 0 Å². The molecule has 3 N–H and O–H groups in total. The fraction of sp³-hybridized carbons (Fsp3) is 0.933. The van der Waals surface area contributed by atoms with E-state index in [1.54, 1.807) is 0 Å². The van der Waals surface area contributed by atoms with Crippen molar-refractivity contribution in [2.24, 2.45) is 0 Å². The molecule has 0 saturated carbocycles. The third kappa shape index (κ3) is 26.3. The molecule has 0 aliphatic rings. The maximum Gasteiger partial charge on any atom is 0.189 e. The van der Waals surface area contributed by atoms with Crippen LogP contribution in [0.25, 0.3) is 0 Å². The Morgan fingerprint density at radius 1 is 0.353 bits per heavy atom. The lowest BCUT2D eigenvalue weighted by molar-refractivity contribution is -0.181. The molecule has 0 spiro atoms. The molecule has 0 aromatic rings. The van der Waals surface area contributed by atoms with Gasteiger partial charge in [0.05, 0.1) is 0 Å². The Hall–Kier alpha value is -1.11. The minimum Gasteiger partial charge on any atom is -0.382 e. The number of aliphatic hydroxyl groups excluding tert-OH is 2. The molecule has 0 aliphatic carbocycles. The van der Waals surface area contributed by atoms with Crippen LogP contribution in [0, 0.1) is 0 Å². The van der Waals surface area contributed by atoms with E-state index in [-0.39, 0.29) is 19.3 Å². The zero-order valence-corrected chi connectivity index (χ0v) is 34.2. The molecule has 0 bridgehead atoms. The number of hydrogen-bond donors (Lipinski definition) is 3. The number of Topliss-reactive ketones (excluding diaryl/α,β-unsaturated/α-hetero) is 3. The van der Waals surface area contributed by atoms with Crippen LogP contribution in [-0.4, -0.2) is 50.5 Å². The van der Waals surface area contributed by atoms with Crippen LogP contribution >= 0.6 is 0 Å². The Kier molecular flexibility index (Phi) is 35.1. The van der Waals surface area contributed by atoms with Crippen LogP contribution in [0.4, 0.5) is 0 Å². The summed E-state index contributed by atoms with van der Waals surface area (Å²) in [6.45, 7) is 6.60. The van der Waals surface area contributed by atoms with Crippen LogP contribution in [0.3, 0.4) is 0 Å². The molecule has 0 fully saturated rings. The normalized spacial score (nSPS) is 14.0. The molecule has 0 aromatic carbocycles. The van der Waals surface area contributed by atoms with E-state index >= 15 is 0 Å². The first-order valence-electron chi connectivity index (χ1n) is 22.4. The molecular formula is C45H86O6. The van der Waals surface area contributed by atoms with Crippen molar-refractivity contribution in [2.45, 2.75) is 270 Å². The SMILES string of the molecule is CCCCCCCCCCCCCCCCCCCCCC(=O)C(O)(C(O)C(=O)CCCCCCCCC)C(O)C(=O)CCCCCCCCC. The van der Waals surface area contributed by atoms with E-state index in [2.05, 4.69) is 20.8 Å². The van der Waals surface area contributed by atoms with Gasteiger partial charge in [-0.15, -0.1) is 0 Å². The van der Waals surface area contributed by atoms with Crippen molar-refractivity contribution in [2.75, 3.05) is 0 Å². The van der Waals surface area contributed by atoms with Gasteiger partial charge in [-0.3, -0.25) is 14.4 Å². The van der Waals surface area contributed by atoms with Crippen molar-refractivity contribution in [3.05, 3.63) is 0 Å². The van der Waals surface area contributed by atoms with Crippen molar-refractivity contribution in [1.82, 2.24) is 0 Å². The van der Waals surface area contributed by atoms with Gasteiger partial charge in [-0.25, -0.2) is 0 Å². The van der Waals surface area contributed by atoms with E-state index in [4.69, 9.17) is 0 Å². The molecule has 51 heavy (non-hydrogen) atoms. The number of aliphatic hydroxyl groups is 3. The Bertz CT molecular complexity index is 775. The van der Waals surface area contributed by atoms with Crippen molar-refractivity contribution in [1.29, 1.82) is 0 Å². The lowest BCUT2D eigenvalue weighted by Crippen LogP contribution is -2.63. The number of ketones is 3. The van der Waals surface area contributed by atoms with Gasteiger partial charge in [-0.1, -0.05) is 213 Å². The number of carbonyl (C=O) groups is 3. The predicted molar refractivity (Wildman–Crippen MR) is 215 cm³/mol. The summed E-state index contributed by atoms with van der Waals surface area (Å²) in [5.74, 6) is -2.14. The largest absolute Gasteiger partial charge is 0.382 e. The highest BCUT2D eigenvalue weighted by Crippen LogP contribution is 2.26. The Labute approximate surface area is 316 Å². The first-order valence-corrected chi connectivity index (χ1v) is 22.4. The highest BCUT2D eigenvalue weighted by Gasteiger charge is 2.53. The van der Waals surface area contributed by atoms with Gasteiger partial charge in [-0.05, 0) is 19.3 Å². The maximum absolute atomic E-state index is 13.4. The summed E-state index contributed by atoms with van der Waals surface area (Å²) in [5, 5.41) is 33.6. The summed E-state index contributed by atoms with van der Waals surface area (Å²) in [4.78, 5) is 39.4. The lowest BCUT2D eigenvalue weighted by Gasteiger charge is -2.34. The molecule has 0 saturated heterocycles. The van der Waals surface area contributed by atoms with Gasteiger partial charge in [0.15, 0.2) is 35.2 Å². The monoisotopic (exact) mass is 723 g/mol. The standard InChI is InChI=1S/C45H86O6/c1-4-7-10-13-16-17-18-19-20-21-22-23-24-25-26-27-30-33-36-39-42(48)45(51,43(49)40(46)37-34-31-28-14-11-8-5-2)44(50)41(47)38-35-32-29-15-12-9-6-3/h43-44,49-51H,4-39H2,1-3H3. The molecule has 2 atom stereocenters. The summed E-state index contributed by atoms with van der Waals surface area (Å²) >= 11 is 0. The fourth-order valence-corrected chi connectivity index (χ4v) is 7.30. The van der Waals surface area contributed by atoms with E-state index in [9.17, 15) is 29.7 Å². The summed E-state index contributed by atoms with van der Waals surface area (Å²) in [7, 11) is 0. The van der Waals surface area contributed by atoms with Gasteiger partial charge < -0.3 is 15.3 Å². The second-order valence-corrected chi connectivity index (χ2v) is 15.8. The van der Waals surface area contributed by atoms with E-state index in [0.29, 0.717) is 19.3 Å². The van der Waals surface area contributed by atoms with Crippen LogP contribution in [0.5, 0.6) is 0 Å². The average Bonchev–Trinajstić information content (AvgIpc) is 3.13. The molecule has 0 heterocycles. The Morgan fingerprint density at radius 2 is 0.549 bits per heavy atom. The summed E-state index contributed by atoms with van der Waals surface area (Å²) in [5.41, 5.74) is -2.79. The first kappa shape index (κ1) is 49.9. The van der Waals surface area contributed by atoms with Crippen LogP contribution in [0.2, 0.25) is 0 Å². The molecule has 0 radical (unpaired) electrons. The van der Waals surface area contributed by atoms with E-state index in [1.165, 1.54) is 109 Å². The lowest BCUT2D eigenvalue weighted by atomic mass is 9.78. The highest BCUT2D eigenvalue weighted by atomic mass is 16.4. The topological polar surface area (TPSA) is 112 Å². The smallest absolute Gasteiger partial charge is 0.189 e. The van der Waals surface area contributed by atoms with Crippen molar-refractivity contribution in [3.8, 4) is 0 Å². The predicted octanol–water partition coefficient (Wildman–Crippen LogP) is 12.2. The van der Waals surface area contributed by atoms with E-state index in [1.807, 2.05) is 0 Å². The maximum atomic E-state index is 13.4. The molecule has 0 amide bonds. The van der Waals surface area contributed by atoms with E-state index in [0.717, 1.165) is 83.5 Å². The van der Waals surface area contributed by atoms with Crippen LogP contribution in [0.15, 0.2) is 0 Å². The molecule has 302 valence electrons. The quantitative estimate of drug-likeness (QED) is 0.0542. The number of carbonyl (C=O) groups excluding carboxylic acids is 3. The first-order chi connectivity index (χ1) is 24.8. The van der Waals surface area contributed by atoms with Crippen molar-refractivity contribution >= 4 is 17.3 Å². The second-order valence-electron chi connectivity index (χ2n) is 15.8. The molecular weight excluding hydrogens is 636 g/mol.